The van der Waals surface area contributed by atoms with Gasteiger partial charge in [-0.1, -0.05) is 0 Å². The lowest BCUT2D eigenvalue weighted by molar-refractivity contribution is -0.122. The zero-order valence-corrected chi connectivity index (χ0v) is 11.2. The summed E-state index contributed by atoms with van der Waals surface area (Å²) in [6.45, 7) is 4.03. The number of furan rings is 1. The molecule has 0 saturated heterocycles. The van der Waals surface area contributed by atoms with Gasteiger partial charge in [0, 0.05) is 0 Å². The van der Waals surface area contributed by atoms with E-state index in [-0.39, 0.29) is 12.5 Å². The molecule has 1 aromatic rings. The second kappa shape index (κ2) is 5.48. The van der Waals surface area contributed by atoms with Gasteiger partial charge in [-0.2, -0.15) is 0 Å². The highest BCUT2D eigenvalue weighted by Crippen LogP contribution is 2.22. The van der Waals surface area contributed by atoms with E-state index in [9.17, 15) is 9.90 Å². The maximum Gasteiger partial charge on any atom is 0.286 e. The Labute approximate surface area is 112 Å². The Morgan fingerprint density at radius 3 is 2.89 bits per heavy atom. The summed E-state index contributed by atoms with van der Waals surface area (Å²) in [6.07, 6.45) is 3.54. The van der Waals surface area contributed by atoms with Crippen LogP contribution in [0.2, 0.25) is 0 Å². The van der Waals surface area contributed by atoms with Crippen molar-refractivity contribution in [1.82, 2.24) is 5.32 Å². The van der Waals surface area contributed by atoms with E-state index in [1.807, 2.05) is 0 Å². The second-order valence-corrected chi connectivity index (χ2v) is 4.93. The van der Waals surface area contributed by atoms with Crippen molar-refractivity contribution in [3.05, 3.63) is 35.5 Å². The van der Waals surface area contributed by atoms with Crippen LogP contribution in [-0.2, 0) is 15.1 Å². The maximum atomic E-state index is 11.8. The van der Waals surface area contributed by atoms with Gasteiger partial charge in [-0.15, -0.1) is 0 Å². The van der Waals surface area contributed by atoms with E-state index < -0.39 is 5.60 Å². The highest BCUT2D eigenvalue weighted by Gasteiger charge is 2.28. The van der Waals surface area contributed by atoms with Gasteiger partial charge in [0.2, 0.25) is 0 Å². The van der Waals surface area contributed by atoms with Crippen LogP contribution in [0.25, 0.3) is 0 Å². The van der Waals surface area contributed by atoms with E-state index in [0.29, 0.717) is 18.1 Å². The van der Waals surface area contributed by atoms with Gasteiger partial charge < -0.3 is 19.6 Å². The summed E-state index contributed by atoms with van der Waals surface area (Å²) in [4.78, 5) is 11.8. The standard InChI is InChI=1S/C14H19NO4/c1-10-6-7-12(19-10)14(2,17)9-15-13(16)11-5-3-4-8-18-11/h5-7,17H,3-4,8-9H2,1-2H3,(H,15,16). The van der Waals surface area contributed by atoms with Crippen LogP contribution >= 0.6 is 0 Å². The van der Waals surface area contributed by atoms with Crippen molar-refractivity contribution in [1.29, 1.82) is 0 Å². The molecule has 2 heterocycles. The third-order valence-electron chi connectivity index (χ3n) is 3.02. The van der Waals surface area contributed by atoms with Crippen molar-refractivity contribution >= 4 is 5.91 Å². The average molecular weight is 265 g/mol. The number of aliphatic hydroxyl groups is 1. The van der Waals surface area contributed by atoms with Crippen LogP contribution in [0.5, 0.6) is 0 Å². The predicted molar refractivity (Wildman–Crippen MR) is 69.3 cm³/mol. The number of nitrogens with one attached hydrogen (secondary N) is 1. The Hall–Kier alpha value is -1.75. The number of rotatable bonds is 4. The highest BCUT2D eigenvalue weighted by molar-refractivity contribution is 5.91. The number of hydrogen-bond donors (Lipinski definition) is 2. The first-order valence-electron chi connectivity index (χ1n) is 6.39. The first-order valence-corrected chi connectivity index (χ1v) is 6.39. The average Bonchev–Trinajstić information content (AvgIpc) is 2.85. The molecule has 0 saturated carbocycles. The van der Waals surface area contributed by atoms with E-state index in [1.54, 1.807) is 32.1 Å². The highest BCUT2D eigenvalue weighted by atomic mass is 16.5. The van der Waals surface area contributed by atoms with E-state index in [2.05, 4.69) is 5.32 Å². The smallest absolute Gasteiger partial charge is 0.286 e. The summed E-state index contributed by atoms with van der Waals surface area (Å²) < 4.78 is 10.6. The molecule has 1 amide bonds. The summed E-state index contributed by atoms with van der Waals surface area (Å²) in [5, 5.41) is 12.9. The fourth-order valence-corrected chi connectivity index (χ4v) is 1.87. The number of ether oxygens (including phenoxy) is 1. The lowest BCUT2D eigenvalue weighted by atomic mass is 10.0. The fourth-order valence-electron chi connectivity index (χ4n) is 1.87. The van der Waals surface area contributed by atoms with Crippen molar-refractivity contribution in [2.45, 2.75) is 32.3 Å². The van der Waals surface area contributed by atoms with Crippen LogP contribution in [0.4, 0.5) is 0 Å². The molecule has 0 fully saturated rings. The number of hydrogen-bond acceptors (Lipinski definition) is 4. The first kappa shape index (κ1) is 13.7. The zero-order valence-electron chi connectivity index (χ0n) is 11.2. The molecule has 1 aliphatic heterocycles. The van der Waals surface area contributed by atoms with Crippen LogP contribution in [-0.4, -0.2) is 24.2 Å². The summed E-state index contributed by atoms with van der Waals surface area (Å²) >= 11 is 0. The Balaban J connectivity index is 1.94. The molecule has 0 spiro atoms. The molecular formula is C14H19NO4. The Kier molecular flexibility index (Phi) is 3.95. The molecule has 0 bridgehead atoms. The van der Waals surface area contributed by atoms with Crippen LogP contribution < -0.4 is 5.32 Å². The minimum atomic E-state index is -1.24. The van der Waals surface area contributed by atoms with E-state index in [1.165, 1.54) is 0 Å². The molecule has 104 valence electrons. The minimum Gasteiger partial charge on any atom is -0.488 e. The molecule has 0 aliphatic carbocycles. The second-order valence-electron chi connectivity index (χ2n) is 4.93. The number of allylic oxidation sites excluding steroid dienone is 1. The number of carbonyl (C=O) groups excluding carboxylic acids is 1. The summed E-state index contributed by atoms with van der Waals surface area (Å²) in [5.74, 6) is 1.18. The van der Waals surface area contributed by atoms with E-state index in [0.717, 1.165) is 18.6 Å². The van der Waals surface area contributed by atoms with Gasteiger partial charge in [0.15, 0.2) is 5.76 Å². The maximum absolute atomic E-state index is 11.8. The van der Waals surface area contributed by atoms with Crippen LogP contribution in [0, 0.1) is 6.92 Å². The number of aryl methyl sites for hydroxylation is 1. The fraction of sp³-hybridized carbons (Fsp3) is 0.500. The van der Waals surface area contributed by atoms with Crippen LogP contribution in [0.1, 0.15) is 31.3 Å². The van der Waals surface area contributed by atoms with Crippen molar-refractivity contribution in [2.24, 2.45) is 0 Å². The first-order chi connectivity index (χ1) is 8.99. The molecule has 19 heavy (non-hydrogen) atoms. The SMILES string of the molecule is Cc1ccc(C(C)(O)CNC(=O)C2=CCCCO2)o1. The Morgan fingerprint density at radius 1 is 1.53 bits per heavy atom. The largest absolute Gasteiger partial charge is 0.488 e. The molecule has 2 N–H and O–H groups in total. The third-order valence-corrected chi connectivity index (χ3v) is 3.02. The number of carbonyl (C=O) groups is 1. The third kappa shape index (κ3) is 3.38. The molecule has 0 radical (unpaired) electrons. The summed E-state index contributed by atoms with van der Waals surface area (Å²) in [6, 6.07) is 3.48. The molecule has 5 nitrogen and oxygen atoms in total. The zero-order chi connectivity index (χ0) is 13.9. The van der Waals surface area contributed by atoms with Crippen molar-refractivity contribution in [3.8, 4) is 0 Å². The molecule has 1 aromatic heterocycles. The lowest BCUT2D eigenvalue weighted by Crippen LogP contribution is -2.39. The summed E-state index contributed by atoms with van der Waals surface area (Å²) in [5.41, 5.74) is -1.24. The summed E-state index contributed by atoms with van der Waals surface area (Å²) in [7, 11) is 0. The quantitative estimate of drug-likeness (QED) is 0.867. The van der Waals surface area contributed by atoms with Crippen LogP contribution in [0.15, 0.2) is 28.4 Å². The normalized spacial score (nSPS) is 18.2. The van der Waals surface area contributed by atoms with Crippen molar-refractivity contribution < 1.29 is 19.1 Å². The lowest BCUT2D eigenvalue weighted by Gasteiger charge is -2.22. The Morgan fingerprint density at radius 2 is 2.32 bits per heavy atom. The van der Waals surface area contributed by atoms with E-state index in [4.69, 9.17) is 9.15 Å². The molecule has 0 aromatic carbocycles. The molecular weight excluding hydrogens is 246 g/mol. The van der Waals surface area contributed by atoms with Gasteiger partial charge in [0.25, 0.3) is 5.91 Å². The van der Waals surface area contributed by atoms with E-state index >= 15 is 0 Å². The van der Waals surface area contributed by atoms with Gasteiger partial charge in [0.1, 0.15) is 17.1 Å². The van der Waals surface area contributed by atoms with Gasteiger partial charge in [-0.25, -0.2) is 0 Å². The van der Waals surface area contributed by atoms with Gasteiger partial charge in [-0.3, -0.25) is 4.79 Å². The molecule has 2 rings (SSSR count). The number of amides is 1. The van der Waals surface area contributed by atoms with Gasteiger partial charge in [-0.05, 0) is 44.9 Å². The molecule has 1 atom stereocenters. The molecule has 5 heteroatoms. The topological polar surface area (TPSA) is 71.7 Å². The Bertz CT molecular complexity index is 487. The van der Waals surface area contributed by atoms with Crippen molar-refractivity contribution in [3.63, 3.8) is 0 Å². The molecule has 1 unspecified atom stereocenters. The van der Waals surface area contributed by atoms with Gasteiger partial charge >= 0.3 is 0 Å². The van der Waals surface area contributed by atoms with Crippen LogP contribution in [0.3, 0.4) is 0 Å². The van der Waals surface area contributed by atoms with Crippen molar-refractivity contribution in [2.75, 3.05) is 13.2 Å². The predicted octanol–water partition coefficient (Wildman–Crippen LogP) is 1.61. The monoisotopic (exact) mass is 265 g/mol. The molecule has 1 aliphatic rings. The minimum absolute atomic E-state index is 0.0689. The van der Waals surface area contributed by atoms with Gasteiger partial charge in [0.05, 0.1) is 13.2 Å².